The minimum Gasteiger partial charge on any atom is -0.481 e. The average molecular weight is 1410 g/mol. The Morgan fingerprint density at radius 1 is 0.436 bits per heavy atom. The first kappa shape index (κ1) is 79.1. The summed E-state index contributed by atoms with van der Waals surface area (Å²) < 4.78 is 81.5. The number of aryl methyl sites for hydroxylation is 1. The Labute approximate surface area is 591 Å². The van der Waals surface area contributed by atoms with Gasteiger partial charge in [0.25, 0.3) is 0 Å². The molecule has 6 heterocycles. The van der Waals surface area contributed by atoms with Gasteiger partial charge >= 0.3 is 0 Å². The van der Waals surface area contributed by atoms with Crippen molar-refractivity contribution in [1.82, 2.24) is 0 Å². The maximum absolute atomic E-state index is 17.5. The van der Waals surface area contributed by atoms with Gasteiger partial charge in [-0.3, -0.25) is 26.4 Å². The van der Waals surface area contributed by atoms with E-state index in [0.717, 1.165) is 157 Å². The number of ether oxygens (including phenoxy) is 2. The minimum atomic E-state index is -1.49. The number of thiophene rings is 4. The van der Waals surface area contributed by atoms with Crippen LogP contribution < -0.4 is 9.47 Å². The first-order valence-corrected chi connectivity index (χ1v) is 38.7. The third-order valence-electron chi connectivity index (χ3n) is 19.8. The second kappa shape index (κ2) is 36.8. The van der Waals surface area contributed by atoms with Crippen molar-refractivity contribution in [1.29, 1.82) is 21.6 Å². The number of halogens is 4. The van der Waals surface area contributed by atoms with Crippen molar-refractivity contribution in [3.05, 3.63) is 89.4 Å². The summed E-state index contributed by atoms with van der Waals surface area (Å²) in [7, 11) is 0. The normalized spacial score (nSPS) is 17.5. The van der Waals surface area contributed by atoms with Crippen molar-refractivity contribution in [3.63, 3.8) is 0 Å². The fourth-order valence-electron chi connectivity index (χ4n) is 14.1. The maximum atomic E-state index is 17.5. The van der Waals surface area contributed by atoms with Crippen LogP contribution in [0.2, 0.25) is 0 Å². The van der Waals surface area contributed by atoms with Gasteiger partial charge in [0, 0.05) is 37.4 Å². The van der Waals surface area contributed by atoms with E-state index in [-0.39, 0.29) is 53.5 Å². The molecule has 4 aromatic rings. The molecule has 520 valence electrons. The van der Waals surface area contributed by atoms with Gasteiger partial charge < -0.3 is 9.47 Å². The van der Waals surface area contributed by atoms with E-state index >= 15 is 22.4 Å². The number of rotatable bonds is 40. The van der Waals surface area contributed by atoms with Gasteiger partial charge in [0.15, 0.2) is 23.3 Å². The molecule has 4 aromatic heterocycles. The molecule has 2 unspecified atom stereocenters. The summed E-state index contributed by atoms with van der Waals surface area (Å²) >= 11 is 5.06. The second-order valence-corrected chi connectivity index (χ2v) is 32.8. The molecular formula is C77H110F4N4O3S6. The Kier molecular flexibility index (Phi) is 31.0. The van der Waals surface area contributed by atoms with E-state index in [0.29, 0.717) is 56.9 Å². The van der Waals surface area contributed by atoms with Gasteiger partial charge in [-0.15, -0.1) is 45.3 Å². The molecule has 4 aliphatic rings. The van der Waals surface area contributed by atoms with Crippen LogP contribution in [-0.2, 0) is 11.2 Å². The Bertz CT molecular complexity index is 3360. The molecule has 7 nitrogen and oxygen atoms in total. The summed E-state index contributed by atoms with van der Waals surface area (Å²) in [5, 5.41) is 36.6. The lowest BCUT2D eigenvalue weighted by atomic mass is 9.78. The zero-order valence-electron chi connectivity index (χ0n) is 58.1. The van der Waals surface area contributed by atoms with E-state index in [9.17, 15) is 10.8 Å². The first-order chi connectivity index (χ1) is 44.1. The predicted molar refractivity (Wildman–Crippen MR) is 406 cm³/mol. The third-order valence-corrected chi connectivity index (χ3v) is 24.6. The number of allylic oxidation sites excluding steroid dienone is 8. The van der Waals surface area contributed by atoms with Crippen LogP contribution >= 0.6 is 72.3 Å². The van der Waals surface area contributed by atoms with Gasteiger partial charge in [0.05, 0.1) is 64.0 Å². The standard InChI is InChI=1S/C77H106F4N4O3S4.2H2S/c1-11-13-15-17-19-21-23-25-27-29-39-76(40-30-28-26-24-22-20-18-16-14-12-2)53-44-57(60-64(79)63(78)52(10)67(82)68(60)83)91-73(53)75-56(88-76)46-59(92-75)71(86)62-66(81)65(80)61(69(84)70(62)85)58-45-54-72(90-58)74-55(43-51(9)89-74)87-77(54,41-37-49(7)35-31-33-47(3)4)42-38-50(8)36-32-34-48(5)6;;/h43-50,82-85H,11-42H2,1-10H3;2*1H2. The maximum Gasteiger partial charge on any atom is 0.208 e. The lowest BCUT2D eigenvalue weighted by Gasteiger charge is -2.39. The number of hydrogen-bond donors (Lipinski definition) is 4. The zero-order chi connectivity index (χ0) is 66.4. The lowest BCUT2D eigenvalue weighted by Crippen LogP contribution is -2.36. The molecule has 0 bridgehead atoms. The van der Waals surface area contributed by atoms with Crippen LogP contribution in [0, 0.1) is 52.2 Å². The highest BCUT2D eigenvalue weighted by atomic mass is 32.1. The summed E-state index contributed by atoms with van der Waals surface area (Å²) in [6.45, 7) is 21.5. The highest BCUT2D eigenvalue weighted by molar-refractivity contribution is 7.59. The first-order valence-electron chi connectivity index (χ1n) is 35.5. The van der Waals surface area contributed by atoms with Crippen LogP contribution in [0.25, 0.3) is 30.7 Å². The quantitative estimate of drug-likeness (QED) is 0.0153. The molecule has 0 aromatic carbocycles. The molecule has 0 spiro atoms. The Hall–Kier alpha value is -3.87. The fraction of sp³-hybridized carbons (Fsp3) is 0.623. The van der Waals surface area contributed by atoms with Gasteiger partial charge in [0.1, 0.15) is 22.7 Å². The number of hydrogen-bond acceptors (Lipinski definition) is 11. The Balaban J connectivity index is 0.00000700. The number of fused-ring (bicyclic) bond motifs is 6. The zero-order valence-corrected chi connectivity index (χ0v) is 63.4. The number of ketones is 1. The van der Waals surface area contributed by atoms with E-state index in [4.69, 9.17) is 20.3 Å². The van der Waals surface area contributed by atoms with Crippen LogP contribution in [0.4, 0.5) is 17.6 Å². The molecule has 17 heteroatoms. The van der Waals surface area contributed by atoms with Crippen molar-refractivity contribution < 1.29 is 31.8 Å². The average Bonchev–Trinajstić information content (AvgIpc) is 1.57. The SMILES string of the molecule is CCCCCCCCCCCCC1(CCCCCCCCCCCC)Oc2cc(C(=O)C3=C(F)C(F)=C(c4cc5c(s4)-c4sc(C)cc4OC5(CCC(C)CCCC(C)C)CCC(C)CCCC(C)C)C(=N)C3=N)sc2-c2sc(C3=C(F)C(F)=C(C)C(=N)C3=N)cc21.S.S. The molecule has 2 aliphatic carbocycles. The van der Waals surface area contributed by atoms with Crippen molar-refractivity contribution in [2.75, 3.05) is 0 Å². The van der Waals surface area contributed by atoms with Crippen LogP contribution in [0.3, 0.4) is 0 Å². The molecule has 0 radical (unpaired) electrons. The van der Waals surface area contributed by atoms with Crippen LogP contribution in [-0.4, -0.2) is 28.6 Å². The van der Waals surface area contributed by atoms with E-state index in [1.807, 2.05) is 13.0 Å². The van der Waals surface area contributed by atoms with Gasteiger partial charge in [-0.2, -0.15) is 27.0 Å². The van der Waals surface area contributed by atoms with Crippen LogP contribution in [0.5, 0.6) is 11.5 Å². The molecule has 0 saturated carbocycles. The summed E-state index contributed by atoms with van der Waals surface area (Å²) in [6, 6.07) is 7.33. The number of carbonyl (C=O) groups is 1. The molecule has 0 saturated heterocycles. The third kappa shape index (κ3) is 18.9. The number of carbonyl (C=O) groups excluding carboxylic acids is 1. The lowest BCUT2D eigenvalue weighted by molar-refractivity contribution is 0.0323. The fourth-order valence-corrected chi connectivity index (χ4v) is 19.0. The number of nitrogens with one attached hydrogen (secondary N) is 4. The van der Waals surface area contributed by atoms with Crippen LogP contribution in [0.15, 0.2) is 58.7 Å². The van der Waals surface area contributed by atoms with E-state index in [1.54, 1.807) is 23.5 Å². The summed E-state index contributed by atoms with van der Waals surface area (Å²) in [5.41, 5.74) is -3.95. The van der Waals surface area contributed by atoms with E-state index in [2.05, 4.69) is 61.5 Å². The van der Waals surface area contributed by atoms with Gasteiger partial charge in [-0.25, -0.2) is 17.6 Å². The summed E-state index contributed by atoms with van der Waals surface area (Å²) in [6.07, 6.45) is 33.9. The second-order valence-electron chi connectivity index (χ2n) is 28.4. The van der Waals surface area contributed by atoms with E-state index < -0.39 is 68.7 Å². The highest BCUT2D eigenvalue weighted by Gasteiger charge is 2.48. The summed E-state index contributed by atoms with van der Waals surface area (Å²) in [5.74, 6) is -2.92. The van der Waals surface area contributed by atoms with Gasteiger partial charge in [-0.1, -0.05) is 209 Å². The van der Waals surface area contributed by atoms with Crippen molar-refractivity contribution >= 4 is 112 Å². The number of Topliss-reactive ketones (excluding diaryl/α,β-unsaturated/α-hetero) is 1. The molecule has 2 aliphatic heterocycles. The molecule has 4 N–H and O–H groups in total. The van der Waals surface area contributed by atoms with Crippen molar-refractivity contribution in [2.45, 2.75) is 286 Å². The minimum absolute atomic E-state index is 0. The molecule has 94 heavy (non-hydrogen) atoms. The Morgan fingerprint density at radius 2 is 0.830 bits per heavy atom. The molecular weight excluding hydrogens is 1300 g/mol. The monoisotopic (exact) mass is 1410 g/mol. The van der Waals surface area contributed by atoms with Crippen molar-refractivity contribution in [2.24, 2.45) is 23.7 Å². The van der Waals surface area contributed by atoms with Crippen LogP contribution in [0.1, 0.15) is 303 Å². The molecule has 0 amide bonds. The predicted octanol–water partition coefficient (Wildman–Crippen LogP) is 26.9. The topological polar surface area (TPSA) is 131 Å². The summed E-state index contributed by atoms with van der Waals surface area (Å²) in [4.78, 5) is 19.7. The smallest absolute Gasteiger partial charge is 0.208 e. The Morgan fingerprint density at radius 3 is 1.28 bits per heavy atom. The number of unbranched alkanes of at least 4 members (excludes halogenated alkanes) is 18. The van der Waals surface area contributed by atoms with Gasteiger partial charge in [0.2, 0.25) is 5.78 Å². The molecule has 8 rings (SSSR count). The molecule has 2 atom stereocenters. The largest absolute Gasteiger partial charge is 0.481 e. The van der Waals surface area contributed by atoms with E-state index in [1.165, 1.54) is 108 Å². The van der Waals surface area contributed by atoms with Crippen molar-refractivity contribution in [3.8, 4) is 31.0 Å². The highest BCUT2D eigenvalue weighted by Crippen LogP contribution is 2.60. The molecule has 0 fully saturated rings. The van der Waals surface area contributed by atoms with Gasteiger partial charge in [-0.05, 0) is 107 Å².